The van der Waals surface area contributed by atoms with Gasteiger partial charge in [0, 0.05) is 31.0 Å². The fraction of sp³-hybridized carbons (Fsp3) is 0.385. The van der Waals surface area contributed by atoms with Crippen molar-refractivity contribution in [2.24, 2.45) is 5.92 Å². The van der Waals surface area contributed by atoms with Crippen molar-refractivity contribution in [3.8, 4) is 0 Å². The molecule has 0 bridgehead atoms. The van der Waals surface area contributed by atoms with Crippen molar-refractivity contribution < 1.29 is 14.4 Å². The number of carbonyl (C=O) groups excluding carboxylic acids is 1. The molecule has 1 fully saturated rings. The zero-order chi connectivity index (χ0) is 13.2. The number of urea groups is 1. The third-order valence-corrected chi connectivity index (χ3v) is 3.36. The largest absolute Gasteiger partial charge is 0.396 e. The maximum Gasteiger partial charge on any atom is 0.317 e. The minimum absolute atomic E-state index is 0.128. The molecule has 2 N–H and O–H groups in total. The molecule has 100 valence electrons. The lowest BCUT2D eigenvalue weighted by Gasteiger charge is -2.37. The molecular formula is C13H15N3O3. The van der Waals surface area contributed by atoms with Gasteiger partial charge in [0.25, 0.3) is 0 Å². The summed E-state index contributed by atoms with van der Waals surface area (Å²) in [6, 6.07) is 7.42. The van der Waals surface area contributed by atoms with Gasteiger partial charge in [-0.2, -0.15) is 0 Å². The number of aliphatic hydroxyl groups is 1. The van der Waals surface area contributed by atoms with Gasteiger partial charge in [0.05, 0.1) is 6.54 Å². The molecule has 6 heteroatoms. The van der Waals surface area contributed by atoms with Gasteiger partial charge in [0.1, 0.15) is 5.69 Å². The average Bonchev–Trinajstić information content (AvgIpc) is 2.78. The second-order valence-electron chi connectivity index (χ2n) is 4.74. The number of nitrogens with zero attached hydrogens (tertiary/aromatic N) is 2. The number of hydrogen-bond donors (Lipinski definition) is 2. The van der Waals surface area contributed by atoms with Crippen LogP contribution in [0.15, 0.2) is 28.8 Å². The Morgan fingerprint density at radius 1 is 1.47 bits per heavy atom. The highest BCUT2D eigenvalue weighted by molar-refractivity contribution is 5.80. The van der Waals surface area contributed by atoms with Crippen LogP contribution in [0.25, 0.3) is 11.0 Å². The van der Waals surface area contributed by atoms with Gasteiger partial charge in [-0.3, -0.25) is 0 Å². The summed E-state index contributed by atoms with van der Waals surface area (Å²) < 4.78 is 5.17. The number of aromatic nitrogens is 1. The number of hydrogen-bond acceptors (Lipinski definition) is 4. The lowest BCUT2D eigenvalue weighted by Crippen LogP contribution is -2.54. The van der Waals surface area contributed by atoms with Crippen molar-refractivity contribution in [1.82, 2.24) is 15.4 Å². The van der Waals surface area contributed by atoms with Gasteiger partial charge >= 0.3 is 6.03 Å². The molecule has 0 unspecified atom stereocenters. The van der Waals surface area contributed by atoms with Gasteiger partial charge in [0.15, 0.2) is 5.58 Å². The highest BCUT2D eigenvalue weighted by Crippen LogP contribution is 2.18. The quantitative estimate of drug-likeness (QED) is 0.862. The summed E-state index contributed by atoms with van der Waals surface area (Å²) in [5, 5.41) is 16.6. The Hall–Kier alpha value is -2.08. The van der Waals surface area contributed by atoms with E-state index in [0.29, 0.717) is 19.6 Å². The third kappa shape index (κ3) is 2.26. The number of nitrogens with one attached hydrogen (secondary N) is 1. The Kier molecular flexibility index (Phi) is 3.08. The molecule has 2 heterocycles. The van der Waals surface area contributed by atoms with E-state index in [4.69, 9.17) is 9.63 Å². The Bertz CT molecular complexity index is 590. The van der Waals surface area contributed by atoms with Crippen LogP contribution in [0.5, 0.6) is 0 Å². The zero-order valence-electron chi connectivity index (χ0n) is 10.4. The molecule has 19 heavy (non-hydrogen) atoms. The zero-order valence-corrected chi connectivity index (χ0v) is 10.4. The summed E-state index contributed by atoms with van der Waals surface area (Å²) in [5.41, 5.74) is 1.44. The van der Waals surface area contributed by atoms with Crippen molar-refractivity contribution in [2.75, 3.05) is 19.7 Å². The molecule has 1 aliphatic heterocycles. The average molecular weight is 261 g/mol. The molecule has 3 rings (SSSR count). The first-order valence-corrected chi connectivity index (χ1v) is 6.25. The molecule has 0 atom stereocenters. The molecule has 6 nitrogen and oxygen atoms in total. The fourth-order valence-electron chi connectivity index (χ4n) is 2.19. The SMILES string of the molecule is O=C(NCc1noc2ccccc12)N1CC(CO)C1. The van der Waals surface area contributed by atoms with E-state index in [0.717, 1.165) is 16.7 Å². The first kappa shape index (κ1) is 12.0. The Morgan fingerprint density at radius 3 is 3.05 bits per heavy atom. The van der Waals surface area contributed by atoms with Crippen molar-refractivity contribution in [3.05, 3.63) is 30.0 Å². The molecule has 0 aliphatic carbocycles. The van der Waals surface area contributed by atoms with Crippen molar-refractivity contribution >= 4 is 17.0 Å². The predicted octanol–water partition coefficient (Wildman–Crippen LogP) is 0.962. The van der Waals surface area contributed by atoms with Crippen molar-refractivity contribution in [2.45, 2.75) is 6.54 Å². The van der Waals surface area contributed by atoms with E-state index in [-0.39, 0.29) is 18.6 Å². The van der Waals surface area contributed by atoms with E-state index < -0.39 is 0 Å². The summed E-state index contributed by atoms with van der Waals surface area (Å²) in [7, 11) is 0. The lowest BCUT2D eigenvalue weighted by molar-refractivity contribution is 0.0774. The van der Waals surface area contributed by atoms with Crippen LogP contribution < -0.4 is 5.32 Å². The Balaban J connectivity index is 1.59. The molecule has 2 aromatic rings. The lowest BCUT2D eigenvalue weighted by atomic mass is 10.0. The standard InChI is InChI=1S/C13H15N3O3/c17-8-9-6-16(7-9)13(18)14-5-11-10-3-1-2-4-12(10)19-15-11/h1-4,9,17H,5-8H2,(H,14,18). The molecule has 0 saturated carbocycles. The normalized spacial score (nSPS) is 15.5. The molecule has 1 aliphatic rings. The summed E-state index contributed by atoms with van der Waals surface area (Å²) in [6.45, 7) is 1.71. The second-order valence-corrected chi connectivity index (χ2v) is 4.74. The number of aliphatic hydroxyl groups excluding tert-OH is 1. The van der Waals surface area contributed by atoms with Crippen LogP contribution in [0.3, 0.4) is 0 Å². The van der Waals surface area contributed by atoms with E-state index >= 15 is 0 Å². The summed E-state index contributed by atoms with van der Waals surface area (Å²) in [6.07, 6.45) is 0. The van der Waals surface area contributed by atoms with E-state index in [1.54, 1.807) is 4.90 Å². The molecule has 1 saturated heterocycles. The van der Waals surface area contributed by atoms with E-state index in [2.05, 4.69) is 10.5 Å². The monoisotopic (exact) mass is 261 g/mol. The van der Waals surface area contributed by atoms with Gasteiger partial charge in [0.2, 0.25) is 0 Å². The molecule has 1 aromatic carbocycles. The van der Waals surface area contributed by atoms with Crippen LogP contribution in [-0.4, -0.2) is 40.9 Å². The molecule has 0 spiro atoms. The van der Waals surface area contributed by atoms with Crippen LogP contribution >= 0.6 is 0 Å². The summed E-state index contributed by atoms with van der Waals surface area (Å²) in [4.78, 5) is 13.5. The van der Waals surface area contributed by atoms with E-state index in [1.807, 2.05) is 24.3 Å². The minimum Gasteiger partial charge on any atom is -0.396 e. The number of amides is 2. The van der Waals surface area contributed by atoms with Crippen molar-refractivity contribution in [1.29, 1.82) is 0 Å². The van der Waals surface area contributed by atoms with Gasteiger partial charge in [-0.25, -0.2) is 4.79 Å². The van der Waals surface area contributed by atoms with Gasteiger partial charge < -0.3 is 19.8 Å². The maximum absolute atomic E-state index is 11.8. The molecule has 2 amide bonds. The number of carbonyl (C=O) groups is 1. The van der Waals surface area contributed by atoms with Crippen LogP contribution in [-0.2, 0) is 6.54 Å². The predicted molar refractivity (Wildman–Crippen MR) is 68.4 cm³/mol. The Morgan fingerprint density at radius 2 is 2.26 bits per heavy atom. The number of fused-ring (bicyclic) bond motifs is 1. The fourth-order valence-corrected chi connectivity index (χ4v) is 2.19. The topological polar surface area (TPSA) is 78.6 Å². The van der Waals surface area contributed by atoms with E-state index in [9.17, 15) is 4.79 Å². The summed E-state index contributed by atoms with van der Waals surface area (Å²) >= 11 is 0. The Labute approximate surface area is 110 Å². The number of rotatable bonds is 3. The molecule has 0 radical (unpaired) electrons. The number of benzene rings is 1. The smallest absolute Gasteiger partial charge is 0.317 e. The van der Waals surface area contributed by atoms with Crippen LogP contribution in [0, 0.1) is 5.92 Å². The van der Waals surface area contributed by atoms with Crippen molar-refractivity contribution in [3.63, 3.8) is 0 Å². The van der Waals surface area contributed by atoms with Gasteiger partial charge in [-0.05, 0) is 12.1 Å². The molecule has 1 aromatic heterocycles. The van der Waals surface area contributed by atoms with Gasteiger partial charge in [-0.1, -0.05) is 17.3 Å². The maximum atomic E-state index is 11.8. The third-order valence-electron chi connectivity index (χ3n) is 3.36. The highest BCUT2D eigenvalue weighted by atomic mass is 16.5. The van der Waals surface area contributed by atoms with Gasteiger partial charge in [-0.15, -0.1) is 0 Å². The highest BCUT2D eigenvalue weighted by Gasteiger charge is 2.29. The molecular weight excluding hydrogens is 246 g/mol. The number of para-hydroxylation sites is 1. The van der Waals surface area contributed by atoms with Crippen LogP contribution in [0.2, 0.25) is 0 Å². The number of likely N-dealkylation sites (tertiary alicyclic amines) is 1. The first-order chi connectivity index (χ1) is 9.28. The van der Waals surface area contributed by atoms with Crippen LogP contribution in [0.4, 0.5) is 4.79 Å². The van der Waals surface area contributed by atoms with E-state index in [1.165, 1.54) is 0 Å². The minimum atomic E-state index is -0.128. The summed E-state index contributed by atoms with van der Waals surface area (Å²) in [5.74, 6) is 0.221. The van der Waals surface area contributed by atoms with Crippen LogP contribution in [0.1, 0.15) is 5.69 Å². The first-order valence-electron chi connectivity index (χ1n) is 6.25. The second kappa shape index (κ2) is 4.89.